The zero-order valence-electron chi connectivity index (χ0n) is 17.7. The van der Waals surface area contributed by atoms with Crippen molar-refractivity contribution in [1.29, 1.82) is 0 Å². The van der Waals surface area contributed by atoms with Crippen LogP contribution in [-0.4, -0.2) is 53.1 Å². The van der Waals surface area contributed by atoms with E-state index in [2.05, 4.69) is 0 Å². The van der Waals surface area contributed by atoms with Crippen LogP contribution in [0.25, 0.3) is 0 Å². The maximum atomic E-state index is 13.4. The molecule has 0 radical (unpaired) electrons. The molecule has 1 aromatic carbocycles. The maximum Gasteiger partial charge on any atom is 0.291 e. The van der Waals surface area contributed by atoms with Gasteiger partial charge in [0.15, 0.2) is 0 Å². The number of hydrogen-bond acceptors (Lipinski definition) is 4. The Morgan fingerprint density at radius 2 is 2.00 bits per heavy atom. The summed E-state index contributed by atoms with van der Waals surface area (Å²) in [6, 6.07) is 5.13. The van der Waals surface area contributed by atoms with Crippen molar-refractivity contribution in [2.24, 2.45) is 5.41 Å². The van der Waals surface area contributed by atoms with Crippen molar-refractivity contribution < 1.29 is 19.1 Å². The van der Waals surface area contributed by atoms with Crippen LogP contribution in [-0.2, 0) is 20.8 Å². The van der Waals surface area contributed by atoms with Crippen LogP contribution in [0.1, 0.15) is 63.6 Å². The zero-order chi connectivity index (χ0) is 20.9. The van der Waals surface area contributed by atoms with Gasteiger partial charge in [-0.05, 0) is 55.4 Å². The van der Waals surface area contributed by atoms with Crippen LogP contribution in [0, 0.1) is 5.41 Å². The van der Waals surface area contributed by atoms with Crippen LogP contribution >= 0.6 is 0 Å². The molecule has 156 valence electrons. The van der Waals surface area contributed by atoms with Gasteiger partial charge >= 0.3 is 0 Å². The van der Waals surface area contributed by atoms with E-state index in [-0.39, 0.29) is 23.8 Å². The normalized spacial score (nSPS) is 25.9. The van der Waals surface area contributed by atoms with Gasteiger partial charge in [-0.1, -0.05) is 26.8 Å². The summed E-state index contributed by atoms with van der Waals surface area (Å²) < 4.78 is 5.37. The molecule has 3 unspecified atom stereocenters. The highest BCUT2D eigenvalue weighted by Crippen LogP contribution is 2.45. The van der Waals surface area contributed by atoms with Crippen molar-refractivity contribution >= 4 is 17.6 Å². The number of amides is 2. The standard InChI is InChI=1S/C23H30N2O4/c1-5-23(2,3)20(26)22(28)25-17-7-6-8-18(25)21(27)24-12-11-14-13-15(29-4)9-10-16(14)19(17)24/h9-10,13,17-19H,5-8,11-12H2,1-4H3. The summed E-state index contributed by atoms with van der Waals surface area (Å²) >= 11 is 0. The second kappa shape index (κ2) is 7.15. The molecule has 3 atom stereocenters. The van der Waals surface area contributed by atoms with Gasteiger partial charge in [0.05, 0.1) is 19.2 Å². The largest absolute Gasteiger partial charge is 0.497 e. The molecule has 0 spiro atoms. The molecule has 4 rings (SSSR count). The molecule has 2 amide bonds. The second-order valence-corrected chi connectivity index (χ2v) is 9.08. The van der Waals surface area contributed by atoms with Crippen molar-refractivity contribution in [2.75, 3.05) is 13.7 Å². The highest BCUT2D eigenvalue weighted by atomic mass is 16.5. The Kier molecular flexibility index (Phi) is 4.91. The van der Waals surface area contributed by atoms with Gasteiger partial charge in [0.1, 0.15) is 11.8 Å². The number of benzene rings is 1. The van der Waals surface area contributed by atoms with E-state index >= 15 is 0 Å². The molecule has 2 fully saturated rings. The molecule has 29 heavy (non-hydrogen) atoms. The molecule has 2 bridgehead atoms. The highest BCUT2D eigenvalue weighted by Gasteiger charge is 2.54. The van der Waals surface area contributed by atoms with E-state index in [4.69, 9.17) is 4.74 Å². The molecule has 3 aliphatic rings. The van der Waals surface area contributed by atoms with Gasteiger partial charge in [0, 0.05) is 12.0 Å². The summed E-state index contributed by atoms with van der Waals surface area (Å²) in [6.45, 7) is 6.18. The van der Waals surface area contributed by atoms with Crippen molar-refractivity contribution in [3.05, 3.63) is 29.3 Å². The highest BCUT2D eigenvalue weighted by molar-refractivity contribution is 6.38. The van der Waals surface area contributed by atoms with E-state index < -0.39 is 17.4 Å². The molecule has 0 N–H and O–H groups in total. The predicted molar refractivity (Wildman–Crippen MR) is 109 cm³/mol. The van der Waals surface area contributed by atoms with Gasteiger partial charge in [0.2, 0.25) is 11.7 Å². The summed E-state index contributed by atoms with van der Waals surface area (Å²) in [6.07, 6.45) is 3.71. The predicted octanol–water partition coefficient (Wildman–Crippen LogP) is 2.89. The lowest BCUT2D eigenvalue weighted by molar-refractivity contribution is -0.170. The summed E-state index contributed by atoms with van der Waals surface area (Å²) in [7, 11) is 1.65. The Hall–Kier alpha value is -2.37. The molecular weight excluding hydrogens is 368 g/mol. The number of nitrogens with zero attached hydrogens (tertiary/aromatic N) is 2. The number of hydrogen-bond donors (Lipinski definition) is 0. The molecule has 2 saturated heterocycles. The van der Waals surface area contributed by atoms with Crippen LogP contribution < -0.4 is 4.74 Å². The van der Waals surface area contributed by atoms with Gasteiger partial charge in [-0.15, -0.1) is 0 Å². The number of Topliss-reactive ketones (excluding diaryl/α,β-unsaturated/α-hetero) is 1. The van der Waals surface area contributed by atoms with Gasteiger partial charge in [0.25, 0.3) is 5.91 Å². The molecule has 0 saturated carbocycles. The topological polar surface area (TPSA) is 66.9 Å². The Morgan fingerprint density at radius 1 is 1.24 bits per heavy atom. The lowest BCUT2D eigenvalue weighted by atomic mass is 9.77. The minimum absolute atomic E-state index is 0.0112. The number of carbonyl (C=O) groups is 3. The number of carbonyl (C=O) groups excluding carboxylic acids is 3. The molecule has 3 aliphatic heterocycles. The average Bonchev–Trinajstić information content (AvgIpc) is 2.74. The Bertz CT molecular complexity index is 862. The van der Waals surface area contributed by atoms with Crippen LogP contribution in [0.5, 0.6) is 5.75 Å². The van der Waals surface area contributed by atoms with Crippen molar-refractivity contribution in [1.82, 2.24) is 9.80 Å². The Morgan fingerprint density at radius 3 is 2.69 bits per heavy atom. The molecule has 6 nitrogen and oxygen atoms in total. The minimum atomic E-state index is -0.719. The third-order valence-electron chi connectivity index (χ3n) is 7.16. The summed E-state index contributed by atoms with van der Waals surface area (Å²) in [5, 5.41) is 0. The molecule has 0 aliphatic carbocycles. The number of fused-ring (bicyclic) bond motifs is 6. The molecule has 6 heteroatoms. The molecular formula is C23H30N2O4. The molecule has 0 aromatic heterocycles. The zero-order valence-corrected chi connectivity index (χ0v) is 17.7. The first kappa shape index (κ1) is 19.9. The number of ether oxygens (including phenoxy) is 1. The van der Waals surface area contributed by atoms with Crippen LogP contribution in [0.2, 0.25) is 0 Å². The summed E-state index contributed by atoms with van der Waals surface area (Å²) in [4.78, 5) is 43.3. The summed E-state index contributed by atoms with van der Waals surface area (Å²) in [5.41, 5.74) is 1.52. The quantitative estimate of drug-likeness (QED) is 0.732. The van der Waals surface area contributed by atoms with Gasteiger partial charge in [-0.3, -0.25) is 14.4 Å². The fraction of sp³-hybridized carbons (Fsp3) is 0.609. The van der Waals surface area contributed by atoms with Crippen molar-refractivity contribution in [3.8, 4) is 5.75 Å². The van der Waals surface area contributed by atoms with E-state index in [0.29, 0.717) is 19.4 Å². The van der Waals surface area contributed by atoms with E-state index in [9.17, 15) is 14.4 Å². The lowest BCUT2D eigenvalue weighted by Crippen LogP contribution is -2.68. The van der Waals surface area contributed by atoms with Gasteiger partial charge < -0.3 is 14.5 Å². The van der Waals surface area contributed by atoms with Gasteiger partial charge in [-0.2, -0.15) is 0 Å². The van der Waals surface area contributed by atoms with E-state index in [1.807, 2.05) is 43.9 Å². The fourth-order valence-electron chi connectivity index (χ4n) is 5.06. The number of piperazine rings is 1. The van der Waals surface area contributed by atoms with E-state index in [1.165, 1.54) is 0 Å². The minimum Gasteiger partial charge on any atom is -0.497 e. The van der Waals surface area contributed by atoms with Crippen LogP contribution in [0.15, 0.2) is 18.2 Å². The van der Waals surface area contributed by atoms with E-state index in [1.54, 1.807) is 12.0 Å². The molecule has 3 heterocycles. The average molecular weight is 399 g/mol. The number of rotatable bonds is 4. The van der Waals surface area contributed by atoms with Crippen molar-refractivity contribution in [2.45, 2.75) is 71.0 Å². The Labute approximate surface area is 172 Å². The molecule has 1 aromatic rings. The smallest absolute Gasteiger partial charge is 0.291 e. The number of piperidine rings is 1. The second-order valence-electron chi connectivity index (χ2n) is 9.08. The SMILES string of the molecule is CCC(C)(C)C(=O)C(=O)N1C2CCCC1C1c3ccc(OC)cc3CCN1C2=O. The number of methoxy groups -OCH3 is 1. The van der Waals surface area contributed by atoms with Gasteiger partial charge in [-0.25, -0.2) is 0 Å². The monoisotopic (exact) mass is 398 g/mol. The fourth-order valence-corrected chi connectivity index (χ4v) is 5.06. The van der Waals surface area contributed by atoms with Crippen molar-refractivity contribution in [3.63, 3.8) is 0 Å². The third kappa shape index (κ3) is 3.04. The first-order valence-corrected chi connectivity index (χ1v) is 10.6. The van der Waals surface area contributed by atoms with Crippen LogP contribution in [0.3, 0.4) is 0 Å². The first-order valence-electron chi connectivity index (χ1n) is 10.6. The van der Waals surface area contributed by atoms with Crippen LogP contribution in [0.4, 0.5) is 0 Å². The third-order valence-corrected chi connectivity index (χ3v) is 7.16. The van der Waals surface area contributed by atoms with E-state index in [0.717, 1.165) is 36.1 Å². The first-order chi connectivity index (χ1) is 13.8. The Balaban J connectivity index is 1.75. The number of ketones is 1. The maximum absolute atomic E-state index is 13.4. The lowest BCUT2D eigenvalue weighted by Gasteiger charge is -2.55. The summed E-state index contributed by atoms with van der Waals surface area (Å²) in [5.74, 6) is -0.0827.